The van der Waals surface area contributed by atoms with E-state index in [0.29, 0.717) is 11.7 Å². The van der Waals surface area contributed by atoms with E-state index in [1.165, 1.54) is 4.68 Å². The van der Waals surface area contributed by atoms with Gasteiger partial charge in [-0.2, -0.15) is 0 Å². The molecule has 56 valence electrons. The minimum Gasteiger partial charge on any atom is -0.315 e. The van der Waals surface area contributed by atoms with Crippen molar-refractivity contribution in [3.8, 4) is 0 Å². The van der Waals surface area contributed by atoms with Crippen molar-refractivity contribution in [1.29, 1.82) is 0 Å². The maximum absolute atomic E-state index is 5.28. The van der Waals surface area contributed by atoms with Crippen molar-refractivity contribution in [2.75, 3.05) is 0 Å². The van der Waals surface area contributed by atoms with Gasteiger partial charge in [-0.25, -0.2) is 4.68 Å². The van der Waals surface area contributed by atoms with Gasteiger partial charge < -0.3 is 11.5 Å². The monoisotopic (exact) mass is 160 g/mol. The highest BCUT2D eigenvalue weighted by molar-refractivity contribution is 7.80. The zero-order chi connectivity index (χ0) is 7.56. The Morgan fingerprint density at radius 1 is 1.60 bits per heavy atom. The van der Waals surface area contributed by atoms with Crippen LogP contribution < -0.4 is 11.5 Å². The molecule has 0 aliphatic carbocycles. The lowest BCUT2D eigenvalue weighted by Gasteiger charge is -2.03. The number of aromatic nitrogens is 4. The Kier molecular flexibility index (Phi) is 2.20. The van der Waals surface area contributed by atoms with Crippen LogP contribution in [-0.2, 0) is 6.54 Å². The summed E-state index contributed by atoms with van der Waals surface area (Å²) in [6.07, 6.45) is -0.450. The van der Waals surface area contributed by atoms with Gasteiger partial charge in [0.25, 0.3) is 0 Å². The average Bonchev–Trinajstić information content (AvgIpc) is 2.15. The Balaban J connectivity index is 2.65. The number of nitrogens with two attached hydrogens (primary N) is 2. The van der Waals surface area contributed by atoms with Crippen molar-refractivity contribution >= 4 is 12.6 Å². The molecule has 0 saturated heterocycles. The molecule has 10 heavy (non-hydrogen) atoms. The quantitative estimate of drug-likeness (QED) is 0.350. The molecule has 0 atom stereocenters. The Morgan fingerprint density at radius 3 is 2.70 bits per heavy atom. The summed E-state index contributed by atoms with van der Waals surface area (Å²) in [6.45, 7) is 0.381. The zero-order valence-electron chi connectivity index (χ0n) is 5.18. The van der Waals surface area contributed by atoms with Crippen LogP contribution in [0.1, 0.15) is 0 Å². The third-order valence-electron chi connectivity index (χ3n) is 0.897. The number of tetrazole rings is 1. The summed E-state index contributed by atoms with van der Waals surface area (Å²) in [5.74, 6) is 0. The molecule has 6 nitrogen and oxygen atoms in total. The summed E-state index contributed by atoms with van der Waals surface area (Å²) in [7, 11) is 0. The fraction of sp³-hybridized carbons (Fsp3) is 0.667. The third-order valence-corrected chi connectivity index (χ3v) is 1.22. The third kappa shape index (κ3) is 1.66. The van der Waals surface area contributed by atoms with Crippen molar-refractivity contribution in [1.82, 2.24) is 20.2 Å². The highest BCUT2D eigenvalue weighted by Gasteiger charge is 2.02. The molecule has 4 N–H and O–H groups in total. The van der Waals surface area contributed by atoms with Gasteiger partial charge in [0.1, 0.15) is 0 Å². The summed E-state index contributed by atoms with van der Waals surface area (Å²) in [5, 5.41) is 10.9. The minimum atomic E-state index is -0.450. The second kappa shape index (κ2) is 2.95. The van der Waals surface area contributed by atoms with Gasteiger partial charge in [0.05, 0.1) is 12.7 Å². The highest BCUT2D eigenvalue weighted by atomic mass is 32.1. The molecule has 0 bridgehead atoms. The van der Waals surface area contributed by atoms with Crippen molar-refractivity contribution in [2.45, 2.75) is 17.9 Å². The van der Waals surface area contributed by atoms with Gasteiger partial charge in [-0.3, -0.25) is 0 Å². The smallest absolute Gasteiger partial charge is 0.206 e. The van der Waals surface area contributed by atoms with Crippen LogP contribution in [-0.4, -0.2) is 26.4 Å². The molecule has 0 saturated carbocycles. The van der Waals surface area contributed by atoms with Gasteiger partial charge in [0.15, 0.2) is 0 Å². The molecule has 7 heteroatoms. The molecule has 1 heterocycles. The summed E-state index contributed by atoms with van der Waals surface area (Å²) < 4.78 is 1.42. The van der Waals surface area contributed by atoms with Crippen LogP contribution >= 0.6 is 12.6 Å². The average molecular weight is 160 g/mol. The first-order valence-electron chi connectivity index (χ1n) is 2.66. The maximum atomic E-state index is 5.28. The van der Waals surface area contributed by atoms with E-state index in [1.807, 2.05) is 0 Å². The predicted octanol–water partition coefficient (Wildman–Crippen LogP) is -1.79. The zero-order valence-corrected chi connectivity index (χ0v) is 6.07. The van der Waals surface area contributed by atoms with Crippen LogP contribution in [0.15, 0.2) is 5.16 Å². The van der Waals surface area contributed by atoms with Crippen molar-refractivity contribution in [3.63, 3.8) is 0 Å². The van der Waals surface area contributed by atoms with Gasteiger partial charge in [-0.05, 0) is 10.4 Å². The van der Waals surface area contributed by atoms with Crippen molar-refractivity contribution in [2.24, 2.45) is 11.5 Å². The van der Waals surface area contributed by atoms with E-state index >= 15 is 0 Å². The molecule has 0 aliphatic heterocycles. The van der Waals surface area contributed by atoms with Gasteiger partial charge in [0, 0.05) is 0 Å². The fourth-order valence-electron chi connectivity index (χ4n) is 0.518. The fourth-order valence-corrected chi connectivity index (χ4v) is 0.679. The first-order valence-corrected chi connectivity index (χ1v) is 3.11. The molecular formula is C3H8N6S. The Hall–Kier alpha value is -0.660. The number of hydrogen-bond acceptors (Lipinski definition) is 6. The summed E-state index contributed by atoms with van der Waals surface area (Å²) in [6, 6.07) is 0. The van der Waals surface area contributed by atoms with Gasteiger partial charge in [-0.1, -0.05) is 0 Å². The Morgan fingerprint density at radius 2 is 2.30 bits per heavy atom. The number of nitrogens with zero attached hydrogens (tertiary/aromatic N) is 4. The van der Waals surface area contributed by atoms with E-state index in [1.54, 1.807) is 0 Å². The number of thiol groups is 1. The van der Waals surface area contributed by atoms with Crippen LogP contribution in [0.3, 0.4) is 0 Å². The summed E-state index contributed by atoms with van der Waals surface area (Å²) >= 11 is 3.94. The minimum absolute atomic E-state index is 0.381. The molecule has 0 fully saturated rings. The summed E-state index contributed by atoms with van der Waals surface area (Å²) in [4.78, 5) is 0. The van der Waals surface area contributed by atoms with Crippen LogP contribution in [0.4, 0.5) is 0 Å². The highest BCUT2D eigenvalue weighted by Crippen LogP contribution is 1.95. The molecule has 0 spiro atoms. The lowest BCUT2D eigenvalue weighted by atomic mass is 10.5. The molecule has 0 aromatic carbocycles. The lowest BCUT2D eigenvalue weighted by Crippen LogP contribution is -2.35. The van der Waals surface area contributed by atoms with Crippen LogP contribution in [0, 0.1) is 0 Å². The topological polar surface area (TPSA) is 95.6 Å². The lowest BCUT2D eigenvalue weighted by molar-refractivity contribution is 0.481. The van der Waals surface area contributed by atoms with Crippen LogP contribution in [0.5, 0.6) is 0 Å². The van der Waals surface area contributed by atoms with E-state index < -0.39 is 6.17 Å². The van der Waals surface area contributed by atoms with Crippen molar-refractivity contribution < 1.29 is 0 Å². The molecule has 0 radical (unpaired) electrons. The number of hydrogen-bond donors (Lipinski definition) is 3. The number of rotatable bonds is 2. The largest absolute Gasteiger partial charge is 0.315 e. The van der Waals surface area contributed by atoms with E-state index in [9.17, 15) is 0 Å². The molecular weight excluding hydrogens is 152 g/mol. The second-order valence-electron chi connectivity index (χ2n) is 1.82. The van der Waals surface area contributed by atoms with E-state index in [2.05, 4.69) is 28.2 Å². The normalized spacial score (nSPS) is 10.8. The SMILES string of the molecule is NC(N)Cn1nnnc1S. The standard InChI is InChI=1S/C3H8N6S/c4-2(5)1-9-3(10)6-7-8-9/h2H,1,4-5H2,(H,6,8,10). The maximum Gasteiger partial charge on any atom is 0.206 e. The molecule has 0 unspecified atom stereocenters. The van der Waals surface area contributed by atoms with Gasteiger partial charge >= 0.3 is 0 Å². The molecule has 1 rings (SSSR count). The second-order valence-corrected chi connectivity index (χ2v) is 2.22. The van der Waals surface area contributed by atoms with E-state index in [0.717, 1.165) is 0 Å². The van der Waals surface area contributed by atoms with Crippen molar-refractivity contribution in [3.05, 3.63) is 0 Å². The first kappa shape index (κ1) is 7.45. The predicted molar refractivity (Wildman–Crippen MR) is 37.2 cm³/mol. The van der Waals surface area contributed by atoms with Gasteiger partial charge in [-0.15, -0.1) is 17.7 Å². The summed E-state index contributed by atoms with van der Waals surface area (Å²) in [5.41, 5.74) is 10.6. The van der Waals surface area contributed by atoms with E-state index in [-0.39, 0.29) is 0 Å². The van der Waals surface area contributed by atoms with E-state index in [4.69, 9.17) is 11.5 Å². The Labute approximate surface area is 63.0 Å². The van der Waals surface area contributed by atoms with Crippen LogP contribution in [0.2, 0.25) is 0 Å². The van der Waals surface area contributed by atoms with Gasteiger partial charge in [0.2, 0.25) is 5.16 Å². The molecule has 1 aromatic heterocycles. The first-order chi connectivity index (χ1) is 4.70. The Bertz CT molecular complexity index is 207. The molecule has 1 aromatic rings. The molecule has 0 aliphatic rings. The molecule has 0 amide bonds. The van der Waals surface area contributed by atoms with Crippen LogP contribution in [0.25, 0.3) is 0 Å².